The summed E-state index contributed by atoms with van der Waals surface area (Å²) in [7, 11) is 0. The van der Waals surface area contributed by atoms with Crippen molar-refractivity contribution in [3.63, 3.8) is 0 Å². The van der Waals surface area contributed by atoms with Crippen molar-refractivity contribution in [2.75, 3.05) is 26.2 Å². The fraction of sp³-hybridized carbons (Fsp3) is 0.409. The first-order valence-corrected chi connectivity index (χ1v) is 9.47. The minimum atomic E-state index is -0.299. The molecule has 3 nitrogen and oxygen atoms in total. The summed E-state index contributed by atoms with van der Waals surface area (Å²) in [5.41, 5.74) is 3.53. The van der Waals surface area contributed by atoms with Gasteiger partial charge >= 0.3 is 0 Å². The molecule has 2 heterocycles. The third-order valence-corrected chi connectivity index (χ3v) is 5.66. The topological polar surface area (TPSA) is 23.6 Å². The van der Waals surface area contributed by atoms with E-state index in [2.05, 4.69) is 34.1 Å². The van der Waals surface area contributed by atoms with Crippen molar-refractivity contribution in [1.82, 2.24) is 9.80 Å². The summed E-state index contributed by atoms with van der Waals surface area (Å²) < 4.78 is 13.0. The van der Waals surface area contributed by atoms with E-state index >= 15 is 0 Å². The molecule has 0 N–H and O–H groups in total. The predicted molar refractivity (Wildman–Crippen MR) is 100 cm³/mol. The molecule has 0 radical (unpaired) electrons. The zero-order valence-electron chi connectivity index (χ0n) is 15.0. The molecule has 26 heavy (non-hydrogen) atoms. The molecule has 2 aliphatic heterocycles. The van der Waals surface area contributed by atoms with Crippen LogP contribution in [-0.4, -0.2) is 41.8 Å². The highest BCUT2D eigenvalue weighted by molar-refractivity contribution is 5.97. The van der Waals surface area contributed by atoms with Gasteiger partial charge in [0.25, 0.3) is 0 Å². The summed E-state index contributed by atoms with van der Waals surface area (Å²) in [6.07, 6.45) is 2.35. The Hall–Kier alpha value is -2.04. The van der Waals surface area contributed by atoms with Gasteiger partial charge in [0, 0.05) is 25.2 Å². The highest BCUT2D eigenvalue weighted by Gasteiger charge is 2.26. The summed E-state index contributed by atoms with van der Waals surface area (Å²) in [5.74, 6) is 0.451. The first kappa shape index (κ1) is 17.4. The number of carbonyl (C=O) groups is 1. The van der Waals surface area contributed by atoms with Crippen LogP contribution in [0, 0.1) is 11.7 Å². The van der Waals surface area contributed by atoms with Crippen LogP contribution in [0.15, 0.2) is 48.5 Å². The van der Waals surface area contributed by atoms with Crippen molar-refractivity contribution >= 4 is 5.78 Å². The van der Waals surface area contributed by atoms with Gasteiger partial charge < -0.3 is 0 Å². The highest BCUT2D eigenvalue weighted by atomic mass is 19.1. The molecule has 0 spiro atoms. The van der Waals surface area contributed by atoms with Gasteiger partial charge in [0.2, 0.25) is 0 Å². The zero-order chi connectivity index (χ0) is 17.9. The van der Waals surface area contributed by atoms with Gasteiger partial charge in [-0.1, -0.05) is 24.3 Å². The van der Waals surface area contributed by atoms with E-state index in [9.17, 15) is 9.18 Å². The lowest BCUT2D eigenvalue weighted by Crippen LogP contribution is -2.28. The molecule has 0 amide bonds. The van der Waals surface area contributed by atoms with E-state index in [0.717, 1.165) is 39.1 Å². The number of likely N-dealkylation sites (tertiary alicyclic amines) is 1. The molecule has 0 aromatic heterocycles. The van der Waals surface area contributed by atoms with Gasteiger partial charge in [-0.15, -0.1) is 0 Å². The van der Waals surface area contributed by atoms with Gasteiger partial charge in [-0.2, -0.15) is 0 Å². The van der Waals surface area contributed by atoms with Crippen LogP contribution in [0.2, 0.25) is 0 Å². The Balaban J connectivity index is 1.22. The molecular formula is C22H25FN2O. The van der Waals surface area contributed by atoms with Crippen molar-refractivity contribution in [2.24, 2.45) is 5.92 Å². The Morgan fingerprint density at radius 3 is 2.38 bits per heavy atom. The standard InChI is InChI=1S/C22H25FN2O/c23-21-7-5-18(6-8-21)22(26)16-24-11-9-17(13-24)10-12-25-14-19-3-1-2-4-20(19)15-25/h1-8,17H,9-16H2/t17-/m1/s1. The fourth-order valence-corrected chi connectivity index (χ4v) is 4.15. The molecule has 0 bridgehead atoms. The molecule has 4 rings (SSSR count). The number of hydrogen-bond acceptors (Lipinski definition) is 3. The lowest BCUT2D eigenvalue weighted by molar-refractivity contribution is 0.0942. The van der Waals surface area contributed by atoms with E-state index in [0.29, 0.717) is 18.0 Å². The average Bonchev–Trinajstić information content (AvgIpc) is 3.26. The van der Waals surface area contributed by atoms with E-state index in [1.807, 2.05) is 0 Å². The average molecular weight is 352 g/mol. The lowest BCUT2D eigenvalue weighted by atomic mass is 10.0. The highest BCUT2D eigenvalue weighted by Crippen LogP contribution is 2.25. The summed E-state index contributed by atoms with van der Waals surface area (Å²) in [6, 6.07) is 14.6. The molecular weight excluding hydrogens is 327 g/mol. The van der Waals surface area contributed by atoms with Crippen LogP contribution < -0.4 is 0 Å². The minimum Gasteiger partial charge on any atom is -0.296 e. The number of nitrogens with zero attached hydrogens (tertiary/aromatic N) is 2. The number of fused-ring (bicyclic) bond motifs is 1. The number of carbonyl (C=O) groups excluding carboxylic acids is 1. The number of rotatable bonds is 6. The van der Waals surface area contributed by atoms with Gasteiger partial charge in [0.1, 0.15) is 5.82 Å². The lowest BCUT2D eigenvalue weighted by Gasteiger charge is -2.18. The molecule has 2 aromatic carbocycles. The van der Waals surface area contributed by atoms with E-state index in [-0.39, 0.29) is 11.6 Å². The van der Waals surface area contributed by atoms with Gasteiger partial charge in [-0.05, 0) is 67.2 Å². The minimum absolute atomic E-state index is 0.0839. The largest absolute Gasteiger partial charge is 0.296 e. The van der Waals surface area contributed by atoms with E-state index < -0.39 is 0 Å². The summed E-state index contributed by atoms with van der Waals surface area (Å²) in [4.78, 5) is 17.1. The van der Waals surface area contributed by atoms with Crippen molar-refractivity contribution in [3.05, 3.63) is 71.0 Å². The fourth-order valence-electron chi connectivity index (χ4n) is 4.15. The van der Waals surface area contributed by atoms with Crippen LogP contribution in [0.1, 0.15) is 34.3 Å². The van der Waals surface area contributed by atoms with E-state index in [1.165, 1.54) is 29.7 Å². The van der Waals surface area contributed by atoms with Crippen LogP contribution >= 0.6 is 0 Å². The molecule has 1 saturated heterocycles. The maximum absolute atomic E-state index is 13.0. The second kappa shape index (κ2) is 7.68. The normalized spacial score (nSPS) is 20.4. The molecule has 1 fully saturated rings. The number of ketones is 1. The molecule has 2 aliphatic rings. The van der Waals surface area contributed by atoms with Gasteiger partial charge in [-0.3, -0.25) is 14.6 Å². The Bertz CT molecular complexity index is 749. The Labute approximate surface area is 154 Å². The Kier molecular flexibility index (Phi) is 5.14. The van der Waals surface area contributed by atoms with E-state index in [1.54, 1.807) is 12.1 Å². The van der Waals surface area contributed by atoms with Gasteiger partial charge in [0.15, 0.2) is 5.78 Å². The molecule has 0 saturated carbocycles. The van der Waals surface area contributed by atoms with Crippen molar-refractivity contribution in [1.29, 1.82) is 0 Å². The third-order valence-electron chi connectivity index (χ3n) is 5.66. The number of benzene rings is 2. The second-order valence-corrected chi connectivity index (χ2v) is 7.59. The summed E-state index contributed by atoms with van der Waals surface area (Å²) in [6.45, 7) is 5.67. The van der Waals surface area contributed by atoms with Gasteiger partial charge in [0.05, 0.1) is 6.54 Å². The Morgan fingerprint density at radius 1 is 1.00 bits per heavy atom. The number of Topliss-reactive ketones (excluding diaryl/α,β-unsaturated/α-hetero) is 1. The first-order chi connectivity index (χ1) is 12.7. The maximum Gasteiger partial charge on any atom is 0.176 e. The smallest absolute Gasteiger partial charge is 0.176 e. The van der Waals surface area contributed by atoms with Crippen LogP contribution in [0.3, 0.4) is 0 Å². The number of hydrogen-bond donors (Lipinski definition) is 0. The molecule has 2 aromatic rings. The molecule has 4 heteroatoms. The quantitative estimate of drug-likeness (QED) is 0.740. The van der Waals surface area contributed by atoms with Crippen molar-refractivity contribution in [3.8, 4) is 0 Å². The van der Waals surface area contributed by atoms with E-state index in [4.69, 9.17) is 0 Å². The maximum atomic E-state index is 13.0. The first-order valence-electron chi connectivity index (χ1n) is 9.47. The van der Waals surface area contributed by atoms with Crippen LogP contribution in [0.25, 0.3) is 0 Å². The zero-order valence-corrected chi connectivity index (χ0v) is 15.0. The summed E-state index contributed by atoms with van der Waals surface area (Å²) >= 11 is 0. The van der Waals surface area contributed by atoms with Crippen LogP contribution in [0.5, 0.6) is 0 Å². The van der Waals surface area contributed by atoms with Crippen molar-refractivity contribution in [2.45, 2.75) is 25.9 Å². The molecule has 1 atom stereocenters. The molecule has 136 valence electrons. The van der Waals surface area contributed by atoms with Crippen LogP contribution in [0.4, 0.5) is 4.39 Å². The monoisotopic (exact) mass is 352 g/mol. The molecule has 0 unspecified atom stereocenters. The third kappa shape index (κ3) is 4.02. The van der Waals surface area contributed by atoms with Crippen LogP contribution in [-0.2, 0) is 13.1 Å². The summed E-state index contributed by atoms with van der Waals surface area (Å²) in [5, 5.41) is 0. The molecule has 0 aliphatic carbocycles. The predicted octanol–water partition coefficient (Wildman–Crippen LogP) is 3.74. The number of halogens is 1. The Morgan fingerprint density at radius 2 is 1.69 bits per heavy atom. The SMILES string of the molecule is O=C(CN1CC[C@H](CCN2Cc3ccccc3C2)C1)c1ccc(F)cc1. The van der Waals surface area contributed by atoms with Crippen molar-refractivity contribution < 1.29 is 9.18 Å². The second-order valence-electron chi connectivity index (χ2n) is 7.59. The van der Waals surface area contributed by atoms with Gasteiger partial charge in [-0.25, -0.2) is 4.39 Å².